The van der Waals surface area contributed by atoms with E-state index in [1.54, 1.807) is 34.1 Å². The lowest BCUT2D eigenvalue weighted by Gasteiger charge is -2.39. The number of amides is 3. The minimum Gasteiger partial charge on any atom is -0.493 e. The molecule has 0 radical (unpaired) electrons. The van der Waals surface area contributed by atoms with Crippen LogP contribution >= 0.6 is 35.6 Å². The second kappa shape index (κ2) is 17.0. The van der Waals surface area contributed by atoms with Gasteiger partial charge in [-0.2, -0.15) is 0 Å². The fourth-order valence-electron chi connectivity index (χ4n) is 6.86. The Balaban J connectivity index is 0.00000504. The van der Waals surface area contributed by atoms with Crippen LogP contribution in [0.3, 0.4) is 0 Å². The molecular formula is C37H44Cl3N5O5S. The molecule has 3 heterocycles. The summed E-state index contributed by atoms with van der Waals surface area (Å²) in [4.78, 5) is 41.5. The van der Waals surface area contributed by atoms with Crippen molar-refractivity contribution in [3.63, 3.8) is 0 Å². The molecular weight excluding hydrogens is 733 g/mol. The van der Waals surface area contributed by atoms with Gasteiger partial charge >= 0.3 is 6.03 Å². The van der Waals surface area contributed by atoms with E-state index in [-0.39, 0.29) is 30.1 Å². The summed E-state index contributed by atoms with van der Waals surface area (Å²) in [6, 6.07) is 19.0. The van der Waals surface area contributed by atoms with E-state index in [1.807, 2.05) is 54.3 Å². The van der Waals surface area contributed by atoms with Crippen molar-refractivity contribution in [1.82, 2.24) is 19.6 Å². The van der Waals surface area contributed by atoms with Crippen molar-refractivity contribution in [3.8, 4) is 5.75 Å². The number of piperazine rings is 1. The number of sulfone groups is 1. The van der Waals surface area contributed by atoms with Gasteiger partial charge < -0.3 is 14.5 Å². The fourth-order valence-corrected chi connectivity index (χ4v) is 7.71. The van der Waals surface area contributed by atoms with E-state index in [2.05, 4.69) is 4.90 Å². The zero-order chi connectivity index (χ0) is 35.4. The van der Waals surface area contributed by atoms with Gasteiger partial charge in [0.15, 0.2) is 0 Å². The lowest BCUT2D eigenvalue weighted by atomic mass is 9.93. The number of amidine groups is 1. The first kappa shape index (κ1) is 38.9. The van der Waals surface area contributed by atoms with Gasteiger partial charge in [0.25, 0.3) is 5.91 Å². The molecule has 0 unspecified atom stereocenters. The van der Waals surface area contributed by atoms with Gasteiger partial charge in [-0.05, 0) is 79.8 Å². The number of hydrogen-bond acceptors (Lipinski definition) is 7. The molecule has 0 spiro atoms. The van der Waals surface area contributed by atoms with E-state index < -0.39 is 21.9 Å². The number of urea groups is 1. The smallest absolute Gasteiger partial charge is 0.326 e. The standard InChI is InChI=1S/C37H43Cl2N5O5S.ClH/c1-3-49-32-16-11-28(36(45)42-17-5-4-6-18-42)25-31(32)35-40-33(26-7-12-29(38)13-8-26)34(27-9-14-30(39)15-10-27)44(35)37(46)43-21-19-41(20-22-43)23-24-50(2,47)48;/h7-16,25,33-34H,3-6,17-24H2,1-2H3;1H/t33-,34+;/m0./s1. The van der Waals surface area contributed by atoms with Crippen molar-refractivity contribution in [2.24, 2.45) is 4.99 Å². The number of likely N-dealkylation sites (tertiary alicyclic amines) is 1. The summed E-state index contributed by atoms with van der Waals surface area (Å²) < 4.78 is 29.8. The molecule has 3 aromatic carbocycles. The Morgan fingerprint density at radius 1 is 0.824 bits per heavy atom. The van der Waals surface area contributed by atoms with E-state index in [9.17, 15) is 18.0 Å². The predicted molar refractivity (Wildman–Crippen MR) is 204 cm³/mol. The molecule has 51 heavy (non-hydrogen) atoms. The van der Waals surface area contributed by atoms with E-state index in [1.165, 1.54) is 6.26 Å². The van der Waals surface area contributed by atoms with Crippen LogP contribution in [0.2, 0.25) is 10.0 Å². The van der Waals surface area contributed by atoms with Crippen molar-refractivity contribution < 1.29 is 22.7 Å². The highest BCUT2D eigenvalue weighted by Gasteiger charge is 2.45. The Bertz CT molecular complexity index is 1830. The minimum absolute atomic E-state index is 0. The third-order valence-electron chi connectivity index (χ3n) is 9.53. The van der Waals surface area contributed by atoms with E-state index in [4.69, 9.17) is 32.9 Å². The van der Waals surface area contributed by atoms with Gasteiger partial charge in [-0.1, -0.05) is 47.5 Å². The number of piperidine rings is 1. The molecule has 6 rings (SSSR count). The fraction of sp³-hybridized carbons (Fsp3) is 0.432. The van der Waals surface area contributed by atoms with Gasteiger partial charge in [0.05, 0.1) is 24.0 Å². The molecule has 2 fully saturated rings. The summed E-state index contributed by atoms with van der Waals surface area (Å²) in [5.41, 5.74) is 2.78. The molecule has 3 amide bonds. The van der Waals surface area contributed by atoms with Crippen LogP contribution in [0, 0.1) is 0 Å². The number of carbonyl (C=O) groups is 2. The van der Waals surface area contributed by atoms with Crippen molar-refractivity contribution in [2.75, 3.05) is 64.4 Å². The molecule has 274 valence electrons. The number of ether oxygens (including phenoxy) is 1. The van der Waals surface area contributed by atoms with Crippen molar-refractivity contribution in [1.29, 1.82) is 0 Å². The van der Waals surface area contributed by atoms with Crippen LogP contribution in [-0.4, -0.2) is 110 Å². The van der Waals surface area contributed by atoms with E-state index in [0.29, 0.717) is 85.2 Å². The van der Waals surface area contributed by atoms with Crippen LogP contribution < -0.4 is 4.74 Å². The van der Waals surface area contributed by atoms with Gasteiger partial charge in [-0.25, -0.2) is 13.2 Å². The van der Waals surface area contributed by atoms with Crippen molar-refractivity contribution in [3.05, 3.63) is 99.0 Å². The third kappa shape index (κ3) is 9.18. The van der Waals surface area contributed by atoms with E-state index >= 15 is 0 Å². The lowest BCUT2D eigenvalue weighted by Crippen LogP contribution is -2.54. The van der Waals surface area contributed by atoms with Gasteiger partial charge in [0, 0.05) is 67.7 Å². The molecule has 0 N–H and O–H groups in total. The molecule has 0 aliphatic carbocycles. The summed E-state index contributed by atoms with van der Waals surface area (Å²) in [5, 5.41) is 1.16. The minimum atomic E-state index is -3.11. The summed E-state index contributed by atoms with van der Waals surface area (Å²) in [7, 11) is -3.11. The van der Waals surface area contributed by atoms with Crippen molar-refractivity contribution >= 4 is 63.2 Å². The number of aliphatic imine (C=N–C) groups is 1. The summed E-state index contributed by atoms with van der Waals surface area (Å²) in [6.45, 7) is 6.01. The van der Waals surface area contributed by atoms with Gasteiger partial charge in [0.1, 0.15) is 27.5 Å². The molecule has 0 aromatic heterocycles. The second-order valence-corrected chi connectivity index (χ2v) is 16.2. The van der Waals surface area contributed by atoms with Crippen LogP contribution in [0.15, 0.2) is 71.7 Å². The number of hydrogen-bond donors (Lipinski definition) is 0. The SMILES string of the molecule is CCOc1ccc(C(=O)N2CCCCC2)cc1C1=N[C@@H](c2ccc(Cl)cc2)[C@@H](c2ccc(Cl)cc2)N1C(=O)N1CCN(CCS(C)(=O)=O)CC1.Cl. The summed E-state index contributed by atoms with van der Waals surface area (Å²) in [5.74, 6) is 0.944. The zero-order valence-corrected chi connectivity index (χ0v) is 32.0. The molecule has 10 nitrogen and oxygen atoms in total. The number of halogens is 3. The molecule has 2 saturated heterocycles. The summed E-state index contributed by atoms with van der Waals surface area (Å²) in [6.07, 6.45) is 4.28. The van der Waals surface area contributed by atoms with Gasteiger partial charge in [0.2, 0.25) is 0 Å². The Morgan fingerprint density at radius 2 is 1.43 bits per heavy atom. The van der Waals surface area contributed by atoms with Gasteiger partial charge in [-0.15, -0.1) is 12.4 Å². The second-order valence-electron chi connectivity index (χ2n) is 13.1. The maximum absolute atomic E-state index is 14.9. The Morgan fingerprint density at radius 3 is 2.02 bits per heavy atom. The Kier molecular flexibility index (Phi) is 12.9. The number of benzene rings is 3. The Labute approximate surface area is 316 Å². The topological polar surface area (TPSA) is 103 Å². The van der Waals surface area contributed by atoms with Crippen molar-refractivity contribution in [2.45, 2.75) is 38.3 Å². The van der Waals surface area contributed by atoms with Crippen LogP contribution in [0.1, 0.15) is 65.3 Å². The molecule has 3 aromatic rings. The summed E-state index contributed by atoms with van der Waals surface area (Å²) >= 11 is 12.7. The van der Waals surface area contributed by atoms with Crippen LogP contribution in [0.5, 0.6) is 5.75 Å². The Hall–Kier alpha value is -3.35. The monoisotopic (exact) mass is 775 g/mol. The predicted octanol–water partition coefficient (Wildman–Crippen LogP) is 6.77. The van der Waals surface area contributed by atoms with Crippen LogP contribution in [0.4, 0.5) is 4.79 Å². The highest BCUT2D eigenvalue weighted by molar-refractivity contribution is 7.90. The third-order valence-corrected chi connectivity index (χ3v) is 11.0. The first-order valence-corrected chi connectivity index (χ1v) is 20.0. The average Bonchev–Trinajstić information content (AvgIpc) is 3.52. The normalized spacial score (nSPS) is 19.8. The van der Waals surface area contributed by atoms with Crippen LogP contribution in [0.25, 0.3) is 0 Å². The maximum atomic E-state index is 14.9. The van der Waals surface area contributed by atoms with Crippen LogP contribution in [-0.2, 0) is 9.84 Å². The highest BCUT2D eigenvalue weighted by Crippen LogP contribution is 2.45. The first-order valence-electron chi connectivity index (χ1n) is 17.2. The molecule has 0 saturated carbocycles. The number of rotatable bonds is 9. The molecule has 3 aliphatic rings. The largest absolute Gasteiger partial charge is 0.493 e. The molecule has 3 aliphatic heterocycles. The lowest BCUT2D eigenvalue weighted by molar-refractivity contribution is 0.0724. The zero-order valence-electron chi connectivity index (χ0n) is 28.8. The highest BCUT2D eigenvalue weighted by atomic mass is 35.5. The molecule has 2 atom stereocenters. The quantitative estimate of drug-likeness (QED) is 0.238. The number of nitrogens with zero attached hydrogens (tertiary/aromatic N) is 5. The molecule has 14 heteroatoms. The first-order chi connectivity index (χ1) is 24.0. The maximum Gasteiger partial charge on any atom is 0.326 e. The molecule has 0 bridgehead atoms. The number of carbonyl (C=O) groups excluding carboxylic acids is 2. The average molecular weight is 777 g/mol. The van der Waals surface area contributed by atoms with E-state index in [0.717, 1.165) is 30.4 Å². The van der Waals surface area contributed by atoms with Gasteiger partial charge in [-0.3, -0.25) is 19.6 Å².